The summed E-state index contributed by atoms with van der Waals surface area (Å²) < 4.78 is 61.7. The standard InChI is InChI=1S/C12H13F3N2O2S2/c13-12(14,15)10-5-7(1-2-9(10)11(16)20)17-8-3-4-21(18,19)6-8/h1-2,5,8,17H,3-4,6H2,(H2,16,20). The van der Waals surface area contributed by atoms with Gasteiger partial charge in [-0.15, -0.1) is 0 Å². The fraction of sp³-hybridized carbons (Fsp3) is 0.417. The molecule has 0 amide bonds. The summed E-state index contributed by atoms with van der Waals surface area (Å²) in [6, 6.07) is 3.12. The minimum atomic E-state index is -4.59. The molecule has 0 aliphatic carbocycles. The van der Waals surface area contributed by atoms with Crippen molar-refractivity contribution in [2.24, 2.45) is 5.73 Å². The summed E-state index contributed by atoms with van der Waals surface area (Å²) in [4.78, 5) is -0.336. The van der Waals surface area contributed by atoms with Crippen LogP contribution in [0.25, 0.3) is 0 Å². The number of nitrogens with one attached hydrogen (secondary N) is 1. The number of hydrogen-bond acceptors (Lipinski definition) is 4. The van der Waals surface area contributed by atoms with Gasteiger partial charge in [-0.3, -0.25) is 0 Å². The molecule has 4 nitrogen and oxygen atoms in total. The van der Waals surface area contributed by atoms with E-state index in [1.807, 2.05) is 0 Å². The van der Waals surface area contributed by atoms with Gasteiger partial charge in [0.1, 0.15) is 4.99 Å². The largest absolute Gasteiger partial charge is 0.417 e. The van der Waals surface area contributed by atoms with E-state index in [0.717, 1.165) is 6.07 Å². The molecule has 0 spiro atoms. The summed E-state index contributed by atoms with van der Waals surface area (Å²) in [5.74, 6) is -0.0346. The molecule has 3 N–H and O–H groups in total. The highest BCUT2D eigenvalue weighted by molar-refractivity contribution is 7.91. The van der Waals surface area contributed by atoms with Crippen LogP contribution >= 0.6 is 12.2 Å². The Morgan fingerprint density at radius 1 is 1.38 bits per heavy atom. The van der Waals surface area contributed by atoms with Crippen LogP contribution in [-0.2, 0) is 16.0 Å². The van der Waals surface area contributed by atoms with E-state index in [2.05, 4.69) is 17.5 Å². The lowest BCUT2D eigenvalue weighted by atomic mass is 10.1. The summed E-state index contributed by atoms with van der Waals surface area (Å²) in [6.07, 6.45) is -4.21. The molecule has 1 heterocycles. The highest BCUT2D eigenvalue weighted by atomic mass is 32.2. The van der Waals surface area contributed by atoms with Crippen molar-refractivity contribution in [3.63, 3.8) is 0 Å². The van der Waals surface area contributed by atoms with Gasteiger partial charge in [0.15, 0.2) is 9.84 Å². The van der Waals surface area contributed by atoms with Crippen LogP contribution < -0.4 is 11.1 Å². The minimum Gasteiger partial charge on any atom is -0.389 e. The van der Waals surface area contributed by atoms with E-state index < -0.39 is 21.6 Å². The van der Waals surface area contributed by atoms with E-state index in [1.165, 1.54) is 12.1 Å². The monoisotopic (exact) mass is 338 g/mol. The lowest BCUT2D eigenvalue weighted by molar-refractivity contribution is -0.137. The van der Waals surface area contributed by atoms with Gasteiger partial charge in [-0.1, -0.05) is 12.2 Å². The van der Waals surface area contributed by atoms with Crippen LogP contribution in [0.4, 0.5) is 18.9 Å². The van der Waals surface area contributed by atoms with Crippen LogP contribution in [0.2, 0.25) is 0 Å². The predicted molar refractivity (Wildman–Crippen MR) is 78.0 cm³/mol. The SMILES string of the molecule is NC(=S)c1ccc(NC2CCS(=O)(=O)C2)cc1C(F)(F)F. The summed E-state index contributed by atoms with van der Waals surface area (Å²) >= 11 is 4.61. The van der Waals surface area contributed by atoms with Crippen molar-refractivity contribution in [1.29, 1.82) is 0 Å². The molecular formula is C12H13F3N2O2S2. The van der Waals surface area contributed by atoms with E-state index in [0.29, 0.717) is 6.42 Å². The Morgan fingerprint density at radius 2 is 2.05 bits per heavy atom. The third-order valence-corrected chi connectivity index (χ3v) is 5.18. The van der Waals surface area contributed by atoms with Crippen molar-refractivity contribution in [2.75, 3.05) is 16.8 Å². The summed E-state index contributed by atoms with van der Waals surface area (Å²) in [6.45, 7) is 0. The van der Waals surface area contributed by atoms with Crippen LogP contribution in [0, 0.1) is 0 Å². The highest BCUT2D eigenvalue weighted by Crippen LogP contribution is 2.34. The topological polar surface area (TPSA) is 72.2 Å². The molecule has 1 atom stereocenters. The molecule has 0 bridgehead atoms. The first-order valence-corrected chi connectivity index (χ1v) is 8.29. The Morgan fingerprint density at radius 3 is 2.52 bits per heavy atom. The van der Waals surface area contributed by atoms with Gasteiger partial charge in [0.25, 0.3) is 0 Å². The maximum Gasteiger partial charge on any atom is 0.417 e. The number of anilines is 1. The number of thiocarbonyl (C=S) groups is 1. The van der Waals surface area contributed by atoms with Gasteiger partial charge in [-0.05, 0) is 24.6 Å². The van der Waals surface area contributed by atoms with Gasteiger partial charge in [0.05, 0.1) is 17.1 Å². The molecule has 116 valence electrons. The molecule has 9 heteroatoms. The molecule has 1 saturated heterocycles. The summed E-state index contributed by atoms with van der Waals surface area (Å²) in [5.41, 5.74) is 4.31. The molecule has 1 aromatic carbocycles. The van der Waals surface area contributed by atoms with Crippen molar-refractivity contribution in [3.05, 3.63) is 29.3 Å². The molecule has 1 aliphatic rings. The number of sulfone groups is 1. The first-order valence-electron chi connectivity index (χ1n) is 6.06. The second-order valence-electron chi connectivity index (χ2n) is 4.87. The second kappa shape index (κ2) is 5.45. The van der Waals surface area contributed by atoms with Crippen molar-refractivity contribution in [3.8, 4) is 0 Å². The predicted octanol–water partition coefficient (Wildman–Crippen LogP) is 1.94. The zero-order valence-corrected chi connectivity index (χ0v) is 12.4. The molecule has 0 radical (unpaired) electrons. The van der Waals surface area contributed by atoms with Gasteiger partial charge >= 0.3 is 6.18 Å². The zero-order valence-electron chi connectivity index (χ0n) is 10.8. The second-order valence-corrected chi connectivity index (χ2v) is 7.54. The third-order valence-electron chi connectivity index (χ3n) is 3.19. The van der Waals surface area contributed by atoms with Gasteiger partial charge in [0, 0.05) is 17.3 Å². The molecule has 0 saturated carbocycles. The fourth-order valence-corrected chi connectivity index (χ4v) is 4.08. The Hall–Kier alpha value is -1.35. The van der Waals surface area contributed by atoms with Crippen LogP contribution in [0.5, 0.6) is 0 Å². The first kappa shape index (κ1) is 16.0. The Labute approximate surface area is 125 Å². The Balaban J connectivity index is 2.28. The van der Waals surface area contributed by atoms with Crippen LogP contribution in [-0.4, -0.2) is 31.0 Å². The molecule has 1 aliphatic heterocycles. The molecule has 2 rings (SSSR count). The van der Waals surface area contributed by atoms with Crippen molar-refractivity contribution in [1.82, 2.24) is 0 Å². The highest BCUT2D eigenvalue weighted by Gasteiger charge is 2.35. The number of nitrogens with two attached hydrogens (primary N) is 1. The van der Waals surface area contributed by atoms with Crippen molar-refractivity contribution >= 4 is 32.7 Å². The number of alkyl halides is 3. The normalized spacial score (nSPS) is 21.2. The van der Waals surface area contributed by atoms with E-state index in [-0.39, 0.29) is 33.8 Å². The number of halogens is 3. The lowest BCUT2D eigenvalue weighted by Crippen LogP contribution is -2.22. The Kier molecular flexibility index (Phi) is 4.16. The number of hydrogen-bond donors (Lipinski definition) is 2. The van der Waals surface area contributed by atoms with E-state index in [1.54, 1.807) is 0 Å². The first-order chi connectivity index (χ1) is 9.58. The third kappa shape index (κ3) is 3.85. The molecular weight excluding hydrogens is 325 g/mol. The molecule has 1 fully saturated rings. The Bertz CT molecular complexity index is 672. The maximum atomic E-state index is 13.0. The van der Waals surface area contributed by atoms with E-state index in [9.17, 15) is 21.6 Å². The van der Waals surface area contributed by atoms with Gasteiger partial charge in [-0.25, -0.2) is 8.42 Å². The molecule has 1 aromatic rings. The molecule has 0 aromatic heterocycles. The lowest BCUT2D eigenvalue weighted by Gasteiger charge is -2.17. The van der Waals surface area contributed by atoms with Crippen LogP contribution in [0.3, 0.4) is 0 Å². The fourth-order valence-electron chi connectivity index (χ4n) is 2.23. The van der Waals surface area contributed by atoms with Gasteiger partial charge in [-0.2, -0.15) is 13.2 Å². The molecule has 21 heavy (non-hydrogen) atoms. The average molecular weight is 338 g/mol. The summed E-state index contributed by atoms with van der Waals surface area (Å²) in [7, 11) is -3.10. The van der Waals surface area contributed by atoms with Crippen LogP contribution in [0.1, 0.15) is 17.5 Å². The quantitative estimate of drug-likeness (QED) is 0.824. The van der Waals surface area contributed by atoms with E-state index >= 15 is 0 Å². The summed E-state index contributed by atoms with van der Waals surface area (Å²) in [5, 5.41) is 2.81. The van der Waals surface area contributed by atoms with Gasteiger partial charge in [0.2, 0.25) is 0 Å². The maximum absolute atomic E-state index is 13.0. The zero-order chi connectivity index (χ0) is 15.8. The number of benzene rings is 1. The van der Waals surface area contributed by atoms with Crippen LogP contribution in [0.15, 0.2) is 18.2 Å². The van der Waals surface area contributed by atoms with Gasteiger partial charge < -0.3 is 11.1 Å². The smallest absolute Gasteiger partial charge is 0.389 e. The molecule has 1 unspecified atom stereocenters. The average Bonchev–Trinajstić information content (AvgIpc) is 2.67. The van der Waals surface area contributed by atoms with E-state index in [4.69, 9.17) is 5.73 Å². The van der Waals surface area contributed by atoms with Crippen molar-refractivity contribution in [2.45, 2.75) is 18.6 Å². The van der Waals surface area contributed by atoms with Crippen molar-refractivity contribution < 1.29 is 21.6 Å². The minimum absolute atomic E-state index is 0.0434. The number of rotatable bonds is 3.